The molecule has 1 heterocycles. The van der Waals surface area contributed by atoms with Crippen LogP contribution in [0, 0.1) is 0 Å². The lowest BCUT2D eigenvalue weighted by Gasteiger charge is -2.26. The summed E-state index contributed by atoms with van der Waals surface area (Å²) in [6.45, 7) is 0. The number of rotatable bonds is 6. The largest absolute Gasteiger partial charge is 0.310 e. The molecule has 0 saturated heterocycles. The van der Waals surface area contributed by atoms with Gasteiger partial charge in [0.05, 0.1) is 0 Å². The van der Waals surface area contributed by atoms with Crippen LogP contribution < -0.4 is 4.90 Å². The lowest BCUT2D eigenvalue weighted by molar-refractivity contribution is 1.28. The quantitative estimate of drug-likeness (QED) is 0.169. The summed E-state index contributed by atoms with van der Waals surface area (Å²) in [5.74, 6) is 0. The predicted molar refractivity (Wildman–Crippen MR) is 225 cm³/mol. The predicted octanol–water partition coefficient (Wildman–Crippen LogP) is 14.8. The zero-order valence-corrected chi connectivity index (χ0v) is 29.2. The van der Waals surface area contributed by atoms with Crippen LogP contribution in [0.25, 0.3) is 75.1 Å². The average molecular weight is 680 g/mol. The molecule has 0 aliphatic carbocycles. The van der Waals surface area contributed by atoms with Gasteiger partial charge in [-0.15, -0.1) is 11.3 Å². The Morgan fingerprint density at radius 3 is 1.69 bits per heavy atom. The molecule has 0 aliphatic rings. The smallest absolute Gasteiger partial charge is 0.0467 e. The summed E-state index contributed by atoms with van der Waals surface area (Å²) in [4.78, 5) is 2.37. The van der Waals surface area contributed by atoms with Crippen LogP contribution in [0.5, 0.6) is 0 Å². The number of hydrogen-bond donors (Lipinski definition) is 0. The molecule has 0 atom stereocenters. The van der Waals surface area contributed by atoms with Gasteiger partial charge in [-0.3, -0.25) is 0 Å². The molecular weight excluding hydrogens is 647 g/mol. The van der Waals surface area contributed by atoms with Crippen molar-refractivity contribution in [1.82, 2.24) is 0 Å². The fraction of sp³-hybridized carbons (Fsp3) is 0. The second-order valence-electron chi connectivity index (χ2n) is 13.4. The third-order valence-corrected chi connectivity index (χ3v) is 11.4. The average Bonchev–Trinajstić information content (AvgIpc) is 3.62. The van der Waals surface area contributed by atoms with Crippen molar-refractivity contribution >= 4 is 70.1 Å². The fourth-order valence-corrected chi connectivity index (χ4v) is 8.92. The first-order chi connectivity index (χ1) is 25.8. The van der Waals surface area contributed by atoms with Gasteiger partial charge in [0.2, 0.25) is 0 Å². The minimum Gasteiger partial charge on any atom is -0.310 e. The minimum absolute atomic E-state index is 1.11. The first-order valence-corrected chi connectivity index (χ1v) is 18.6. The number of benzene rings is 9. The van der Waals surface area contributed by atoms with Crippen LogP contribution in [-0.2, 0) is 0 Å². The minimum atomic E-state index is 1.11. The molecule has 1 nitrogen and oxygen atoms in total. The van der Waals surface area contributed by atoms with E-state index in [0.717, 1.165) is 17.1 Å². The van der Waals surface area contributed by atoms with Gasteiger partial charge in [-0.05, 0) is 110 Å². The highest BCUT2D eigenvalue weighted by molar-refractivity contribution is 7.26. The topological polar surface area (TPSA) is 3.24 Å². The van der Waals surface area contributed by atoms with E-state index in [-0.39, 0.29) is 0 Å². The Hall–Kier alpha value is -6.48. The number of thiophene rings is 1. The number of nitrogens with zero attached hydrogens (tertiary/aromatic N) is 1. The summed E-state index contributed by atoms with van der Waals surface area (Å²) >= 11 is 1.89. The van der Waals surface area contributed by atoms with E-state index in [0.29, 0.717) is 0 Å². The van der Waals surface area contributed by atoms with Gasteiger partial charge in [0.15, 0.2) is 0 Å². The molecule has 52 heavy (non-hydrogen) atoms. The molecular formula is C50H33NS. The second-order valence-corrected chi connectivity index (χ2v) is 14.4. The molecule has 0 N–H and O–H groups in total. The van der Waals surface area contributed by atoms with Gasteiger partial charge in [-0.25, -0.2) is 0 Å². The Morgan fingerprint density at radius 2 is 0.904 bits per heavy atom. The molecule has 244 valence electrons. The SMILES string of the molecule is c1ccc(-c2ccc(N(c3ccc(-c4cc5ccccc5c5sc6ccccc6c45)cc3)c3cccc(-c4ccc5ccccc5c4)c3)cc2)cc1. The van der Waals surface area contributed by atoms with Crippen molar-refractivity contribution in [3.8, 4) is 33.4 Å². The second kappa shape index (κ2) is 12.7. The van der Waals surface area contributed by atoms with Crippen LogP contribution in [0.3, 0.4) is 0 Å². The van der Waals surface area contributed by atoms with Crippen molar-refractivity contribution in [2.45, 2.75) is 0 Å². The van der Waals surface area contributed by atoms with Gasteiger partial charge in [-0.2, -0.15) is 0 Å². The molecule has 0 aliphatic heterocycles. The molecule has 0 amide bonds. The van der Waals surface area contributed by atoms with Crippen LogP contribution in [0.1, 0.15) is 0 Å². The Balaban J connectivity index is 1.11. The van der Waals surface area contributed by atoms with Crippen LogP contribution in [0.4, 0.5) is 17.1 Å². The van der Waals surface area contributed by atoms with E-state index >= 15 is 0 Å². The standard InChI is InChI=1S/C50H33NS/c1-2-11-34(12-3-1)36-23-27-42(28-24-36)51(44-17-10-16-39(32-44)40-22-21-35-13-4-5-14-38(35)31-40)43-29-25-37(26-30-43)47-33-41-15-6-7-18-45(41)50-49(47)46-19-8-9-20-48(46)52-50/h1-33H. The van der Waals surface area contributed by atoms with Crippen molar-refractivity contribution in [3.05, 3.63) is 200 Å². The molecule has 9 aromatic carbocycles. The molecule has 0 saturated carbocycles. The number of fused-ring (bicyclic) bond motifs is 6. The molecule has 10 rings (SSSR count). The first kappa shape index (κ1) is 30.4. The third kappa shape index (κ3) is 5.33. The summed E-state index contributed by atoms with van der Waals surface area (Å²) in [6.07, 6.45) is 0. The summed E-state index contributed by atoms with van der Waals surface area (Å²) in [5.41, 5.74) is 10.6. The molecule has 10 aromatic rings. The van der Waals surface area contributed by atoms with E-state index in [1.54, 1.807) is 0 Å². The van der Waals surface area contributed by atoms with E-state index in [1.807, 2.05) is 11.3 Å². The first-order valence-electron chi connectivity index (χ1n) is 17.8. The van der Waals surface area contributed by atoms with Crippen molar-refractivity contribution in [2.75, 3.05) is 4.90 Å². The zero-order chi connectivity index (χ0) is 34.4. The molecule has 0 spiro atoms. The summed E-state index contributed by atoms with van der Waals surface area (Å²) in [5, 5.41) is 7.74. The van der Waals surface area contributed by atoms with E-state index in [1.165, 1.54) is 75.1 Å². The maximum atomic E-state index is 2.37. The molecule has 0 fully saturated rings. The van der Waals surface area contributed by atoms with Crippen molar-refractivity contribution in [1.29, 1.82) is 0 Å². The van der Waals surface area contributed by atoms with E-state index in [4.69, 9.17) is 0 Å². The fourth-order valence-electron chi connectivity index (χ4n) is 7.65. The van der Waals surface area contributed by atoms with Gasteiger partial charge in [-0.1, -0.05) is 146 Å². The highest BCUT2D eigenvalue weighted by Gasteiger charge is 2.17. The van der Waals surface area contributed by atoms with Gasteiger partial charge in [0, 0.05) is 37.2 Å². The lowest BCUT2D eigenvalue weighted by Crippen LogP contribution is -2.10. The number of anilines is 3. The summed E-state index contributed by atoms with van der Waals surface area (Å²) in [7, 11) is 0. The van der Waals surface area contributed by atoms with Crippen LogP contribution >= 0.6 is 11.3 Å². The number of hydrogen-bond acceptors (Lipinski definition) is 2. The van der Waals surface area contributed by atoms with Crippen molar-refractivity contribution in [2.24, 2.45) is 0 Å². The lowest BCUT2D eigenvalue weighted by atomic mass is 9.95. The Kier molecular flexibility index (Phi) is 7.41. The molecule has 0 bridgehead atoms. The van der Waals surface area contributed by atoms with E-state index in [9.17, 15) is 0 Å². The highest BCUT2D eigenvalue weighted by atomic mass is 32.1. The van der Waals surface area contributed by atoms with Gasteiger partial charge in [0.25, 0.3) is 0 Å². The Morgan fingerprint density at radius 1 is 0.327 bits per heavy atom. The summed E-state index contributed by atoms with van der Waals surface area (Å²) in [6, 6.07) is 72.9. The molecule has 1 aromatic heterocycles. The maximum absolute atomic E-state index is 2.37. The Labute approximate surface area is 307 Å². The Bertz CT molecular complexity index is 2890. The normalized spacial score (nSPS) is 11.5. The maximum Gasteiger partial charge on any atom is 0.0467 e. The highest BCUT2D eigenvalue weighted by Crippen LogP contribution is 2.45. The van der Waals surface area contributed by atoms with Crippen molar-refractivity contribution < 1.29 is 0 Å². The van der Waals surface area contributed by atoms with Gasteiger partial charge < -0.3 is 4.90 Å². The summed E-state index contributed by atoms with van der Waals surface area (Å²) < 4.78 is 2.67. The van der Waals surface area contributed by atoms with Crippen LogP contribution in [0.2, 0.25) is 0 Å². The van der Waals surface area contributed by atoms with E-state index in [2.05, 4.69) is 205 Å². The van der Waals surface area contributed by atoms with Crippen LogP contribution in [0.15, 0.2) is 200 Å². The van der Waals surface area contributed by atoms with E-state index < -0.39 is 0 Å². The van der Waals surface area contributed by atoms with Gasteiger partial charge >= 0.3 is 0 Å². The third-order valence-electron chi connectivity index (χ3n) is 10.2. The molecule has 2 heteroatoms. The van der Waals surface area contributed by atoms with Crippen molar-refractivity contribution in [3.63, 3.8) is 0 Å². The van der Waals surface area contributed by atoms with Gasteiger partial charge in [0.1, 0.15) is 0 Å². The zero-order valence-electron chi connectivity index (χ0n) is 28.4. The molecule has 0 radical (unpaired) electrons. The monoisotopic (exact) mass is 679 g/mol. The molecule has 0 unspecified atom stereocenters. The van der Waals surface area contributed by atoms with Crippen LogP contribution in [-0.4, -0.2) is 0 Å².